The molecule has 1 aliphatic carbocycles. The van der Waals surface area contributed by atoms with E-state index in [0.717, 1.165) is 22.3 Å². The number of carboxylic acid groups (broad SMARTS) is 1. The van der Waals surface area contributed by atoms with Crippen molar-refractivity contribution < 1.29 is 28.2 Å². The zero-order valence-corrected chi connectivity index (χ0v) is 15.1. The van der Waals surface area contributed by atoms with E-state index in [0.29, 0.717) is 0 Å². The van der Waals surface area contributed by atoms with Crippen LogP contribution in [0.2, 0.25) is 0 Å². The number of benzene rings is 2. The van der Waals surface area contributed by atoms with Crippen LogP contribution in [0.25, 0.3) is 11.1 Å². The van der Waals surface area contributed by atoms with Crippen molar-refractivity contribution in [1.29, 1.82) is 0 Å². The summed E-state index contributed by atoms with van der Waals surface area (Å²) in [6.07, 6.45) is -3.85. The number of fused-ring (bicyclic) bond motifs is 3. The molecule has 1 amide bonds. The number of halogens is 2. The molecule has 5 nitrogen and oxygen atoms in total. The molecule has 0 spiro atoms. The number of amides is 1. The molecule has 2 N–H and O–H groups in total. The number of hydrogen-bond donors (Lipinski definition) is 2. The van der Waals surface area contributed by atoms with Crippen molar-refractivity contribution in [3.05, 3.63) is 59.7 Å². The molecule has 0 bridgehead atoms. The quantitative estimate of drug-likeness (QED) is 0.701. The lowest BCUT2D eigenvalue weighted by Crippen LogP contribution is -2.41. The van der Waals surface area contributed by atoms with E-state index in [9.17, 15) is 18.4 Å². The van der Waals surface area contributed by atoms with Crippen LogP contribution in [0, 0.1) is 0 Å². The standard InChI is InChI=1S/C21H21F2NO4/c22-19(23)11-5-10-18(20(25)26)24-21(27)28-12-17-15-8-3-1-6-13(15)14-7-2-4-9-16(14)17/h1-4,6-9,17-19H,5,10-12H2,(H,24,27)(H,25,26). The van der Waals surface area contributed by atoms with Crippen molar-refractivity contribution in [1.82, 2.24) is 5.32 Å². The zero-order chi connectivity index (χ0) is 20.1. The Morgan fingerprint density at radius 1 is 1.00 bits per heavy atom. The van der Waals surface area contributed by atoms with Gasteiger partial charge in [0.05, 0.1) is 0 Å². The van der Waals surface area contributed by atoms with E-state index >= 15 is 0 Å². The number of rotatable bonds is 8. The maximum atomic E-state index is 12.2. The van der Waals surface area contributed by atoms with Crippen LogP contribution in [-0.4, -0.2) is 36.2 Å². The lowest BCUT2D eigenvalue weighted by molar-refractivity contribution is -0.139. The van der Waals surface area contributed by atoms with Crippen LogP contribution in [0.1, 0.15) is 36.3 Å². The van der Waals surface area contributed by atoms with Crippen molar-refractivity contribution in [3.63, 3.8) is 0 Å². The zero-order valence-electron chi connectivity index (χ0n) is 15.1. The minimum atomic E-state index is -2.50. The van der Waals surface area contributed by atoms with Gasteiger partial charge in [0.15, 0.2) is 0 Å². The number of alkyl carbamates (subject to hydrolysis) is 1. The molecule has 148 valence electrons. The molecule has 0 saturated carbocycles. The monoisotopic (exact) mass is 389 g/mol. The fourth-order valence-electron chi connectivity index (χ4n) is 3.52. The average molecular weight is 389 g/mol. The van der Waals surface area contributed by atoms with Crippen LogP contribution in [0.5, 0.6) is 0 Å². The van der Waals surface area contributed by atoms with Crippen LogP contribution in [-0.2, 0) is 9.53 Å². The Labute approximate surface area is 161 Å². The van der Waals surface area contributed by atoms with Gasteiger partial charge in [-0.05, 0) is 35.1 Å². The molecule has 0 aromatic heterocycles. The third-order valence-corrected chi connectivity index (χ3v) is 4.85. The second-order valence-electron chi connectivity index (χ2n) is 6.68. The maximum Gasteiger partial charge on any atom is 0.407 e. The summed E-state index contributed by atoms with van der Waals surface area (Å²) in [4.78, 5) is 23.3. The molecule has 0 radical (unpaired) electrons. The summed E-state index contributed by atoms with van der Waals surface area (Å²) < 4.78 is 29.7. The molecule has 0 aliphatic heterocycles. The molecule has 1 aliphatic rings. The summed E-state index contributed by atoms with van der Waals surface area (Å²) in [6, 6.07) is 14.5. The highest BCUT2D eigenvalue weighted by Gasteiger charge is 2.29. The lowest BCUT2D eigenvalue weighted by atomic mass is 9.98. The van der Waals surface area contributed by atoms with Crippen molar-refractivity contribution in [2.75, 3.05) is 6.61 Å². The topological polar surface area (TPSA) is 75.6 Å². The molecular formula is C21H21F2NO4. The molecule has 28 heavy (non-hydrogen) atoms. The maximum absolute atomic E-state index is 12.2. The second-order valence-corrected chi connectivity index (χ2v) is 6.68. The van der Waals surface area contributed by atoms with Gasteiger partial charge < -0.3 is 15.2 Å². The molecule has 1 atom stereocenters. The molecule has 0 fully saturated rings. The molecule has 0 saturated heterocycles. The van der Waals surface area contributed by atoms with Gasteiger partial charge in [-0.1, -0.05) is 48.5 Å². The van der Waals surface area contributed by atoms with Gasteiger partial charge in [0.2, 0.25) is 6.43 Å². The van der Waals surface area contributed by atoms with Gasteiger partial charge in [-0.15, -0.1) is 0 Å². The first-order chi connectivity index (χ1) is 13.5. The van der Waals surface area contributed by atoms with E-state index in [1.54, 1.807) is 0 Å². The molecular weight excluding hydrogens is 368 g/mol. The number of alkyl halides is 2. The first-order valence-corrected chi connectivity index (χ1v) is 9.10. The number of carbonyl (C=O) groups excluding carboxylic acids is 1. The Morgan fingerprint density at radius 3 is 2.11 bits per heavy atom. The molecule has 2 aromatic rings. The molecule has 3 rings (SSSR count). The Kier molecular flexibility index (Phi) is 6.23. The van der Waals surface area contributed by atoms with E-state index in [1.807, 2.05) is 48.5 Å². The van der Waals surface area contributed by atoms with Gasteiger partial charge in [0, 0.05) is 12.3 Å². The number of hydrogen-bond acceptors (Lipinski definition) is 3. The second kappa shape index (κ2) is 8.82. The van der Waals surface area contributed by atoms with Gasteiger partial charge in [-0.3, -0.25) is 0 Å². The molecule has 0 heterocycles. The predicted octanol–water partition coefficient (Wildman–Crippen LogP) is 4.41. The van der Waals surface area contributed by atoms with E-state index in [2.05, 4.69) is 5.32 Å². The SMILES string of the molecule is O=C(NC(CCCC(F)F)C(=O)O)OCC1c2ccccc2-c2ccccc21. The summed E-state index contributed by atoms with van der Waals surface area (Å²) in [5, 5.41) is 11.4. The Bertz CT molecular complexity index is 810. The van der Waals surface area contributed by atoms with E-state index in [-0.39, 0.29) is 25.4 Å². The minimum absolute atomic E-state index is 0.00170. The van der Waals surface area contributed by atoms with Crippen molar-refractivity contribution in [2.24, 2.45) is 0 Å². The molecule has 7 heteroatoms. The number of ether oxygens (including phenoxy) is 1. The summed E-state index contributed by atoms with van der Waals surface area (Å²) >= 11 is 0. The summed E-state index contributed by atoms with van der Waals surface area (Å²) in [5.41, 5.74) is 4.26. The summed E-state index contributed by atoms with van der Waals surface area (Å²) in [7, 11) is 0. The minimum Gasteiger partial charge on any atom is -0.480 e. The summed E-state index contributed by atoms with van der Waals surface area (Å²) in [5.74, 6) is -1.41. The average Bonchev–Trinajstić information content (AvgIpc) is 2.99. The fourth-order valence-corrected chi connectivity index (χ4v) is 3.52. The number of carbonyl (C=O) groups is 2. The Morgan fingerprint density at radius 2 is 1.57 bits per heavy atom. The predicted molar refractivity (Wildman–Crippen MR) is 99.5 cm³/mol. The van der Waals surface area contributed by atoms with Crippen LogP contribution in [0.4, 0.5) is 13.6 Å². The normalized spacial score (nSPS) is 13.7. The highest BCUT2D eigenvalue weighted by Crippen LogP contribution is 2.44. The van der Waals surface area contributed by atoms with Gasteiger partial charge in [-0.25, -0.2) is 18.4 Å². The first kappa shape index (κ1) is 19.8. The van der Waals surface area contributed by atoms with Crippen LogP contribution in [0.3, 0.4) is 0 Å². The molecule has 2 aromatic carbocycles. The first-order valence-electron chi connectivity index (χ1n) is 9.10. The molecule has 1 unspecified atom stereocenters. The van der Waals surface area contributed by atoms with Crippen molar-refractivity contribution in [3.8, 4) is 11.1 Å². The van der Waals surface area contributed by atoms with Crippen molar-refractivity contribution in [2.45, 2.75) is 37.6 Å². The van der Waals surface area contributed by atoms with Crippen molar-refractivity contribution >= 4 is 12.1 Å². The highest BCUT2D eigenvalue weighted by atomic mass is 19.3. The van der Waals surface area contributed by atoms with Crippen LogP contribution >= 0.6 is 0 Å². The smallest absolute Gasteiger partial charge is 0.407 e. The van der Waals surface area contributed by atoms with Gasteiger partial charge in [0.1, 0.15) is 12.6 Å². The van der Waals surface area contributed by atoms with E-state index in [1.165, 1.54) is 0 Å². The number of nitrogens with one attached hydrogen (secondary N) is 1. The van der Waals surface area contributed by atoms with Gasteiger partial charge >= 0.3 is 12.1 Å². The number of carboxylic acids is 1. The summed E-state index contributed by atoms with van der Waals surface area (Å²) in [6.45, 7) is 0.0588. The van der Waals surface area contributed by atoms with Gasteiger partial charge in [-0.2, -0.15) is 0 Å². The Hall–Kier alpha value is -2.96. The van der Waals surface area contributed by atoms with Crippen LogP contribution < -0.4 is 5.32 Å². The van der Waals surface area contributed by atoms with E-state index < -0.39 is 31.0 Å². The third-order valence-electron chi connectivity index (χ3n) is 4.85. The highest BCUT2D eigenvalue weighted by molar-refractivity contribution is 5.81. The Balaban J connectivity index is 1.62. The fraction of sp³-hybridized carbons (Fsp3) is 0.333. The van der Waals surface area contributed by atoms with Gasteiger partial charge in [0.25, 0.3) is 0 Å². The van der Waals surface area contributed by atoms with E-state index in [4.69, 9.17) is 9.84 Å². The number of aliphatic carboxylic acids is 1. The third kappa shape index (κ3) is 4.47. The van der Waals surface area contributed by atoms with Crippen LogP contribution in [0.15, 0.2) is 48.5 Å². The lowest BCUT2D eigenvalue weighted by Gasteiger charge is -2.17. The largest absolute Gasteiger partial charge is 0.480 e.